The minimum Gasteiger partial charge on any atom is -0.306 e. The fourth-order valence-electron chi connectivity index (χ4n) is 2.65. The van der Waals surface area contributed by atoms with Gasteiger partial charge in [0, 0.05) is 6.54 Å². The standard InChI is InChI=1S/C11H19N.C2H6/c1-9-3-4-11-8-12(2)6-5-10(11)7-9;1-2/h3,10-11H,4-8H2,1-2H3;1-2H3. The molecule has 0 N–H and O–H groups in total. The van der Waals surface area contributed by atoms with Crippen molar-refractivity contribution in [2.24, 2.45) is 11.8 Å². The molecule has 0 aromatic carbocycles. The molecular weight excluding hydrogens is 170 g/mol. The van der Waals surface area contributed by atoms with Crippen LogP contribution in [0.3, 0.4) is 0 Å². The average molecular weight is 195 g/mol. The molecule has 0 aromatic rings. The first-order chi connectivity index (χ1) is 6.75. The maximum absolute atomic E-state index is 2.48. The van der Waals surface area contributed by atoms with Crippen molar-refractivity contribution in [3.05, 3.63) is 11.6 Å². The van der Waals surface area contributed by atoms with Gasteiger partial charge >= 0.3 is 0 Å². The molecule has 1 heteroatoms. The first-order valence-electron chi connectivity index (χ1n) is 6.10. The minimum absolute atomic E-state index is 0.965. The predicted molar refractivity (Wildman–Crippen MR) is 63.4 cm³/mol. The molecule has 0 spiro atoms. The van der Waals surface area contributed by atoms with Gasteiger partial charge in [-0.25, -0.2) is 0 Å². The van der Waals surface area contributed by atoms with Gasteiger partial charge in [0.15, 0.2) is 0 Å². The average Bonchev–Trinajstić information content (AvgIpc) is 2.21. The molecule has 2 atom stereocenters. The Morgan fingerprint density at radius 2 is 2.00 bits per heavy atom. The van der Waals surface area contributed by atoms with E-state index in [1.54, 1.807) is 5.57 Å². The van der Waals surface area contributed by atoms with E-state index in [4.69, 9.17) is 0 Å². The van der Waals surface area contributed by atoms with Gasteiger partial charge in [0.2, 0.25) is 0 Å². The van der Waals surface area contributed by atoms with Gasteiger partial charge in [0.05, 0.1) is 0 Å². The summed E-state index contributed by atoms with van der Waals surface area (Å²) in [5.41, 5.74) is 1.63. The van der Waals surface area contributed by atoms with Crippen molar-refractivity contribution in [2.45, 2.75) is 40.0 Å². The van der Waals surface area contributed by atoms with Gasteiger partial charge < -0.3 is 4.90 Å². The zero-order valence-electron chi connectivity index (χ0n) is 10.2. The molecule has 82 valence electrons. The third kappa shape index (κ3) is 2.84. The number of rotatable bonds is 0. The smallest absolute Gasteiger partial charge is 0.00123 e. The lowest BCUT2D eigenvalue weighted by Crippen LogP contribution is -2.39. The summed E-state index contributed by atoms with van der Waals surface area (Å²) < 4.78 is 0. The SMILES string of the molecule is CC.CC1=CCC2CN(C)CCC2C1. The van der Waals surface area contributed by atoms with Crippen molar-refractivity contribution < 1.29 is 0 Å². The Hall–Kier alpha value is -0.300. The van der Waals surface area contributed by atoms with Crippen LogP contribution in [-0.2, 0) is 0 Å². The second-order valence-corrected chi connectivity index (χ2v) is 4.56. The lowest BCUT2D eigenvalue weighted by atomic mass is 9.76. The molecule has 1 aliphatic heterocycles. The van der Waals surface area contributed by atoms with E-state index in [0.29, 0.717) is 0 Å². The summed E-state index contributed by atoms with van der Waals surface area (Å²) in [5, 5.41) is 0. The molecule has 0 bridgehead atoms. The zero-order chi connectivity index (χ0) is 10.6. The van der Waals surface area contributed by atoms with Crippen LogP contribution >= 0.6 is 0 Å². The van der Waals surface area contributed by atoms with Crippen LogP contribution in [0.4, 0.5) is 0 Å². The highest BCUT2D eigenvalue weighted by Gasteiger charge is 2.28. The maximum Gasteiger partial charge on any atom is 0.00123 e. The number of hydrogen-bond acceptors (Lipinski definition) is 1. The van der Waals surface area contributed by atoms with Gasteiger partial charge in [-0.15, -0.1) is 0 Å². The highest BCUT2D eigenvalue weighted by atomic mass is 15.1. The number of hydrogen-bond donors (Lipinski definition) is 0. The molecule has 14 heavy (non-hydrogen) atoms. The minimum atomic E-state index is 0.965. The molecule has 1 nitrogen and oxygen atoms in total. The third-order valence-corrected chi connectivity index (χ3v) is 3.45. The summed E-state index contributed by atoms with van der Waals surface area (Å²) in [6, 6.07) is 0. The van der Waals surface area contributed by atoms with Gasteiger partial charge in [0.1, 0.15) is 0 Å². The molecule has 0 saturated carbocycles. The normalized spacial score (nSPS) is 32.4. The summed E-state index contributed by atoms with van der Waals surface area (Å²) in [7, 11) is 2.25. The second kappa shape index (κ2) is 5.55. The van der Waals surface area contributed by atoms with Crippen molar-refractivity contribution in [2.75, 3.05) is 20.1 Å². The van der Waals surface area contributed by atoms with E-state index in [9.17, 15) is 0 Å². The van der Waals surface area contributed by atoms with Crippen molar-refractivity contribution in [1.82, 2.24) is 4.90 Å². The van der Waals surface area contributed by atoms with Crippen LogP contribution < -0.4 is 0 Å². The lowest BCUT2D eigenvalue weighted by molar-refractivity contribution is 0.137. The van der Waals surface area contributed by atoms with Crippen molar-refractivity contribution >= 4 is 0 Å². The molecule has 1 heterocycles. The van der Waals surface area contributed by atoms with Gasteiger partial charge in [-0.3, -0.25) is 0 Å². The summed E-state index contributed by atoms with van der Waals surface area (Å²) in [6.45, 7) is 8.93. The van der Waals surface area contributed by atoms with Crippen molar-refractivity contribution in [1.29, 1.82) is 0 Å². The number of piperidine rings is 1. The van der Waals surface area contributed by atoms with Crippen LogP contribution in [0.5, 0.6) is 0 Å². The van der Waals surface area contributed by atoms with Crippen LogP contribution in [0.1, 0.15) is 40.0 Å². The Morgan fingerprint density at radius 3 is 2.71 bits per heavy atom. The number of nitrogens with zero attached hydrogens (tertiary/aromatic N) is 1. The quantitative estimate of drug-likeness (QED) is 0.536. The Balaban J connectivity index is 0.000000461. The van der Waals surface area contributed by atoms with Crippen LogP contribution in [0.25, 0.3) is 0 Å². The number of likely N-dealkylation sites (tertiary alicyclic amines) is 1. The van der Waals surface area contributed by atoms with Gasteiger partial charge in [-0.2, -0.15) is 0 Å². The van der Waals surface area contributed by atoms with Gasteiger partial charge in [-0.05, 0) is 51.6 Å². The maximum atomic E-state index is 2.48. The molecule has 1 aliphatic carbocycles. The molecule has 2 unspecified atom stereocenters. The molecule has 2 aliphatic rings. The Bertz CT molecular complexity index is 195. The monoisotopic (exact) mass is 195 g/mol. The Kier molecular flexibility index (Phi) is 4.67. The number of fused-ring (bicyclic) bond motifs is 1. The van der Waals surface area contributed by atoms with E-state index in [0.717, 1.165) is 11.8 Å². The molecule has 0 radical (unpaired) electrons. The third-order valence-electron chi connectivity index (χ3n) is 3.45. The summed E-state index contributed by atoms with van der Waals surface area (Å²) in [5.74, 6) is 1.97. The Labute approximate surface area is 89.2 Å². The lowest BCUT2D eigenvalue weighted by Gasteiger charge is -2.39. The van der Waals surface area contributed by atoms with E-state index in [1.807, 2.05) is 13.8 Å². The van der Waals surface area contributed by atoms with E-state index in [2.05, 4.69) is 24.9 Å². The molecular formula is C13H25N. The fraction of sp³-hybridized carbons (Fsp3) is 0.846. The molecule has 2 rings (SSSR count). The summed E-state index contributed by atoms with van der Waals surface area (Å²) in [6.07, 6.45) is 6.58. The van der Waals surface area contributed by atoms with Crippen LogP contribution in [0, 0.1) is 11.8 Å². The van der Waals surface area contributed by atoms with Crippen molar-refractivity contribution in [3.63, 3.8) is 0 Å². The van der Waals surface area contributed by atoms with Crippen LogP contribution in [0.15, 0.2) is 11.6 Å². The number of allylic oxidation sites excluding steroid dienone is 2. The van der Waals surface area contributed by atoms with E-state index < -0.39 is 0 Å². The topological polar surface area (TPSA) is 3.24 Å². The first-order valence-corrected chi connectivity index (χ1v) is 6.10. The fourth-order valence-corrected chi connectivity index (χ4v) is 2.65. The van der Waals surface area contributed by atoms with Crippen molar-refractivity contribution in [3.8, 4) is 0 Å². The van der Waals surface area contributed by atoms with E-state index in [-0.39, 0.29) is 0 Å². The van der Waals surface area contributed by atoms with E-state index in [1.165, 1.54) is 32.4 Å². The van der Waals surface area contributed by atoms with Gasteiger partial charge in [-0.1, -0.05) is 25.5 Å². The predicted octanol–water partition coefficient (Wildman–Crippen LogP) is 3.32. The molecule has 0 amide bonds. The summed E-state index contributed by atoms with van der Waals surface area (Å²) >= 11 is 0. The van der Waals surface area contributed by atoms with Gasteiger partial charge in [0.25, 0.3) is 0 Å². The van der Waals surface area contributed by atoms with E-state index >= 15 is 0 Å². The first kappa shape index (κ1) is 11.8. The molecule has 1 saturated heterocycles. The summed E-state index contributed by atoms with van der Waals surface area (Å²) in [4.78, 5) is 2.48. The Morgan fingerprint density at radius 1 is 1.29 bits per heavy atom. The molecule has 1 fully saturated rings. The van der Waals surface area contributed by atoms with Crippen LogP contribution in [-0.4, -0.2) is 25.0 Å². The zero-order valence-corrected chi connectivity index (χ0v) is 10.2. The second-order valence-electron chi connectivity index (χ2n) is 4.56. The highest BCUT2D eigenvalue weighted by Crippen LogP contribution is 2.34. The largest absolute Gasteiger partial charge is 0.306 e. The van der Waals surface area contributed by atoms with Crippen LogP contribution in [0.2, 0.25) is 0 Å². The highest BCUT2D eigenvalue weighted by molar-refractivity contribution is 5.06. The molecule has 0 aromatic heterocycles.